The number of halogens is 2. The predicted molar refractivity (Wildman–Crippen MR) is 68.5 cm³/mol. The molecule has 2 nitrogen and oxygen atoms in total. The molecule has 1 saturated heterocycles. The van der Waals surface area contributed by atoms with E-state index in [0.29, 0.717) is 10.0 Å². The molecule has 0 atom stereocenters. The quantitative estimate of drug-likeness (QED) is 0.776. The van der Waals surface area contributed by atoms with Gasteiger partial charge in [0, 0.05) is 17.6 Å². The Morgan fingerprint density at radius 1 is 1.18 bits per heavy atom. The van der Waals surface area contributed by atoms with Crippen molar-refractivity contribution in [1.82, 2.24) is 4.90 Å². The van der Waals surface area contributed by atoms with E-state index >= 15 is 0 Å². The minimum atomic E-state index is -0.369. The zero-order chi connectivity index (χ0) is 12.3. The van der Waals surface area contributed by atoms with Crippen molar-refractivity contribution in [1.29, 1.82) is 0 Å². The number of carbonyl (C=O) groups is 1. The molecule has 92 valence electrons. The molecule has 0 saturated carbocycles. The molecule has 0 N–H and O–H groups in total. The molecule has 1 fully saturated rings. The summed E-state index contributed by atoms with van der Waals surface area (Å²) in [5.41, 5.74) is 0.423. The van der Waals surface area contributed by atoms with Gasteiger partial charge in [-0.25, -0.2) is 4.39 Å². The first-order valence-corrected chi connectivity index (χ1v) is 6.72. The number of carbonyl (C=O) groups excluding carboxylic acids is 1. The molecule has 1 aliphatic rings. The van der Waals surface area contributed by atoms with Crippen LogP contribution >= 0.6 is 15.9 Å². The molecule has 0 aromatic heterocycles. The van der Waals surface area contributed by atoms with Gasteiger partial charge in [-0.05, 0) is 47.0 Å². The Morgan fingerprint density at radius 2 is 1.82 bits per heavy atom. The van der Waals surface area contributed by atoms with Crippen molar-refractivity contribution in [3.63, 3.8) is 0 Å². The van der Waals surface area contributed by atoms with Gasteiger partial charge in [-0.15, -0.1) is 0 Å². The minimum Gasteiger partial charge on any atom is -0.339 e. The number of likely N-dealkylation sites (tertiary alicyclic amines) is 1. The molecule has 2 rings (SSSR count). The van der Waals surface area contributed by atoms with E-state index in [-0.39, 0.29) is 11.7 Å². The molecule has 1 aliphatic heterocycles. The lowest BCUT2D eigenvalue weighted by Crippen LogP contribution is -2.32. The van der Waals surface area contributed by atoms with E-state index < -0.39 is 0 Å². The predicted octanol–water partition coefficient (Wildman–Crippen LogP) is 3.60. The summed E-state index contributed by atoms with van der Waals surface area (Å²) >= 11 is 3.30. The second kappa shape index (κ2) is 5.63. The fraction of sp³-hybridized carbons (Fsp3) is 0.462. The van der Waals surface area contributed by atoms with Crippen LogP contribution in [0.3, 0.4) is 0 Å². The van der Waals surface area contributed by atoms with Crippen molar-refractivity contribution in [2.45, 2.75) is 25.7 Å². The summed E-state index contributed by atoms with van der Waals surface area (Å²) in [6, 6.07) is 4.24. The van der Waals surface area contributed by atoms with E-state index in [1.165, 1.54) is 25.0 Å². The standard InChI is InChI=1S/C13H15BrFNO/c14-12-6-5-10(15)9-11(12)13(17)16-7-3-1-2-4-8-16/h5-6,9H,1-4,7-8H2. The maximum atomic E-state index is 13.2. The Labute approximate surface area is 109 Å². The van der Waals surface area contributed by atoms with Gasteiger partial charge >= 0.3 is 0 Å². The Bertz CT molecular complexity index is 414. The maximum absolute atomic E-state index is 13.2. The molecule has 0 unspecified atom stereocenters. The molecule has 1 heterocycles. The summed E-state index contributed by atoms with van der Waals surface area (Å²) in [5, 5.41) is 0. The van der Waals surface area contributed by atoms with E-state index in [4.69, 9.17) is 0 Å². The second-order valence-electron chi connectivity index (χ2n) is 4.33. The molecule has 0 radical (unpaired) electrons. The molecule has 17 heavy (non-hydrogen) atoms. The van der Waals surface area contributed by atoms with Crippen molar-refractivity contribution in [3.05, 3.63) is 34.1 Å². The molecule has 1 aromatic rings. The summed E-state index contributed by atoms with van der Waals surface area (Å²) < 4.78 is 13.8. The van der Waals surface area contributed by atoms with Crippen molar-refractivity contribution in [3.8, 4) is 0 Å². The van der Waals surface area contributed by atoms with E-state index in [2.05, 4.69) is 15.9 Å². The first-order chi connectivity index (χ1) is 8.18. The summed E-state index contributed by atoms with van der Waals surface area (Å²) in [5.74, 6) is -0.440. The third-order valence-electron chi connectivity index (χ3n) is 3.05. The normalized spacial score (nSPS) is 16.7. The number of amides is 1. The van der Waals surface area contributed by atoms with Crippen molar-refractivity contribution in [2.24, 2.45) is 0 Å². The fourth-order valence-corrected chi connectivity index (χ4v) is 2.52. The van der Waals surface area contributed by atoms with Gasteiger partial charge < -0.3 is 4.90 Å². The van der Waals surface area contributed by atoms with Gasteiger partial charge in [-0.2, -0.15) is 0 Å². The van der Waals surface area contributed by atoms with E-state index in [1.54, 1.807) is 6.07 Å². The Morgan fingerprint density at radius 3 is 2.47 bits per heavy atom. The highest BCUT2D eigenvalue weighted by atomic mass is 79.9. The number of benzene rings is 1. The Hall–Kier alpha value is -0.900. The van der Waals surface area contributed by atoms with Crippen LogP contribution in [-0.2, 0) is 0 Å². The molecule has 1 aromatic carbocycles. The van der Waals surface area contributed by atoms with Gasteiger partial charge in [0.05, 0.1) is 5.56 Å². The van der Waals surface area contributed by atoms with E-state index in [9.17, 15) is 9.18 Å². The van der Waals surface area contributed by atoms with Crippen LogP contribution in [0.1, 0.15) is 36.0 Å². The second-order valence-corrected chi connectivity index (χ2v) is 5.18. The summed E-state index contributed by atoms with van der Waals surface area (Å²) in [6.45, 7) is 1.56. The van der Waals surface area contributed by atoms with Gasteiger partial charge in [0.15, 0.2) is 0 Å². The van der Waals surface area contributed by atoms with Gasteiger partial charge in [-0.1, -0.05) is 12.8 Å². The summed E-state index contributed by atoms with van der Waals surface area (Å²) in [7, 11) is 0. The maximum Gasteiger partial charge on any atom is 0.255 e. The van der Waals surface area contributed by atoms with Crippen LogP contribution < -0.4 is 0 Å². The van der Waals surface area contributed by atoms with Crippen LogP contribution in [0.4, 0.5) is 4.39 Å². The zero-order valence-corrected chi connectivity index (χ0v) is 11.2. The number of nitrogens with zero attached hydrogens (tertiary/aromatic N) is 1. The highest BCUT2D eigenvalue weighted by molar-refractivity contribution is 9.10. The lowest BCUT2D eigenvalue weighted by atomic mass is 10.2. The zero-order valence-electron chi connectivity index (χ0n) is 9.59. The smallest absolute Gasteiger partial charge is 0.255 e. The first kappa shape index (κ1) is 12.6. The fourth-order valence-electron chi connectivity index (χ4n) is 2.11. The average molecular weight is 300 g/mol. The lowest BCUT2D eigenvalue weighted by molar-refractivity contribution is 0.0760. The van der Waals surface area contributed by atoms with E-state index in [1.807, 2.05) is 4.90 Å². The highest BCUT2D eigenvalue weighted by Gasteiger charge is 2.19. The number of rotatable bonds is 1. The van der Waals surface area contributed by atoms with Crippen LogP contribution in [0.2, 0.25) is 0 Å². The van der Waals surface area contributed by atoms with Gasteiger partial charge in [0.25, 0.3) is 5.91 Å². The third-order valence-corrected chi connectivity index (χ3v) is 3.74. The summed E-state index contributed by atoms with van der Waals surface area (Å²) in [4.78, 5) is 14.1. The molecule has 0 spiro atoms. The average Bonchev–Trinajstić information content (AvgIpc) is 2.60. The summed E-state index contributed by atoms with van der Waals surface area (Å²) in [6.07, 6.45) is 4.43. The highest BCUT2D eigenvalue weighted by Crippen LogP contribution is 2.21. The SMILES string of the molecule is O=C(c1cc(F)ccc1Br)N1CCCCCC1. The largest absolute Gasteiger partial charge is 0.339 e. The van der Waals surface area contributed by atoms with Gasteiger partial charge in [0.2, 0.25) is 0 Å². The third kappa shape index (κ3) is 3.06. The Kier molecular flexibility index (Phi) is 4.15. The Balaban J connectivity index is 2.20. The topological polar surface area (TPSA) is 20.3 Å². The number of hydrogen-bond acceptors (Lipinski definition) is 1. The van der Waals surface area contributed by atoms with Crippen molar-refractivity contribution < 1.29 is 9.18 Å². The van der Waals surface area contributed by atoms with Crippen LogP contribution in [0.5, 0.6) is 0 Å². The van der Waals surface area contributed by atoms with Gasteiger partial charge in [-0.3, -0.25) is 4.79 Å². The lowest BCUT2D eigenvalue weighted by Gasteiger charge is -2.20. The van der Waals surface area contributed by atoms with E-state index in [0.717, 1.165) is 25.9 Å². The molecular formula is C13H15BrFNO. The van der Waals surface area contributed by atoms with Crippen molar-refractivity contribution in [2.75, 3.05) is 13.1 Å². The molecular weight excluding hydrogens is 285 g/mol. The first-order valence-electron chi connectivity index (χ1n) is 5.93. The molecule has 4 heteroatoms. The van der Waals surface area contributed by atoms with Crippen LogP contribution in [0, 0.1) is 5.82 Å². The van der Waals surface area contributed by atoms with Crippen molar-refractivity contribution >= 4 is 21.8 Å². The number of hydrogen-bond donors (Lipinski definition) is 0. The molecule has 0 aliphatic carbocycles. The van der Waals surface area contributed by atoms with Crippen LogP contribution in [0.15, 0.2) is 22.7 Å². The minimum absolute atomic E-state index is 0.0710. The molecule has 0 bridgehead atoms. The monoisotopic (exact) mass is 299 g/mol. The van der Waals surface area contributed by atoms with Crippen LogP contribution in [-0.4, -0.2) is 23.9 Å². The molecule has 1 amide bonds. The van der Waals surface area contributed by atoms with Gasteiger partial charge in [0.1, 0.15) is 5.82 Å². The van der Waals surface area contributed by atoms with Crippen LogP contribution in [0.25, 0.3) is 0 Å².